The minimum absolute atomic E-state index is 0.0827. The van der Waals surface area contributed by atoms with E-state index < -0.39 is 0 Å². The lowest BCUT2D eigenvalue weighted by Gasteiger charge is -2.15. The molecule has 0 saturated carbocycles. The van der Waals surface area contributed by atoms with Crippen LogP contribution < -0.4 is 5.32 Å². The number of halogens is 2. The largest absolute Gasteiger partial charge is 0.378 e. The second-order valence-corrected chi connectivity index (χ2v) is 6.95. The fourth-order valence-electron chi connectivity index (χ4n) is 2.14. The molecule has 1 aromatic carbocycles. The van der Waals surface area contributed by atoms with Gasteiger partial charge in [0.25, 0.3) is 0 Å². The Labute approximate surface area is 137 Å². The summed E-state index contributed by atoms with van der Waals surface area (Å²) >= 11 is 13.6. The van der Waals surface area contributed by atoms with Gasteiger partial charge < -0.3 is 9.88 Å². The van der Waals surface area contributed by atoms with Crippen LogP contribution in [-0.4, -0.2) is 9.55 Å². The number of rotatable bonds is 4. The van der Waals surface area contributed by atoms with Crippen LogP contribution in [0.1, 0.15) is 18.5 Å². The van der Waals surface area contributed by atoms with E-state index in [1.165, 1.54) is 11.3 Å². The highest BCUT2D eigenvalue weighted by molar-refractivity contribution is 7.20. The van der Waals surface area contributed by atoms with Crippen molar-refractivity contribution in [2.45, 2.75) is 13.0 Å². The summed E-state index contributed by atoms with van der Waals surface area (Å²) in [5.41, 5.74) is 3.09. The summed E-state index contributed by atoms with van der Waals surface area (Å²) in [4.78, 5) is 4.06. The first-order valence-electron chi connectivity index (χ1n) is 6.43. The molecule has 0 amide bonds. The summed E-state index contributed by atoms with van der Waals surface area (Å²) in [5, 5.41) is 3.44. The van der Waals surface area contributed by atoms with Gasteiger partial charge in [-0.2, -0.15) is 0 Å². The highest BCUT2D eigenvalue weighted by Gasteiger charge is 2.13. The molecule has 3 rings (SSSR count). The van der Waals surface area contributed by atoms with Gasteiger partial charge in [-0.05, 0) is 31.2 Å². The van der Waals surface area contributed by atoms with Crippen molar-refractivity contribution in [1.29, 1.82) is 0 Å². The molecule has 0 saturated heterocycles. The summed E-state index contributed by atoms with van der Waals surface area (Å²) in [5.74, 6) is 0. The smallest absolute Gasteiger partial charge is 0.0996 e. The molecule has 108 valence electrons. The zero-order chi connectivity index (χ0) is 14.8. The second kappa shape index (κ2) is 6.10. The van der Waals surface area contributed by atoms with Gasteiger partial charge in [-0.3, -0.25) is 0 Å². The number of anilines is 1. The van der Waals surface area contributed by atoms with Gasteiger partial charge in [0.15, 0.2) is 0 Å². The number of aromatic nitrogens is 2. The van der Waals surface area contributed by atoms with E-state index in [0.29, 0.717) is 4.34 Å². The Hall–Kier alpha value is -1.49. The fraction of sp³-hybridized carbons (Fsp3) is 0.133. The summed E-state index contributed by atoms with van der Waals surface area (Å²) < 4.78 is 3.39. The molecule has 1 unspecified atom stereocenters. The van der Waals surface area contributed by atoms with E-state index in [0.717, 1.165) is 21.3 Å². The van der Waals surface area contributed by atoms with Crippen LogP contribution in [-0.2, 0) is 0 Å². The zero-order valence-corrected chi connectivity index (χ0v) is 13.6. The van der Waals surface area contributed by atoms with Crippen molar-refractivity contribution in [3.63, 3.8) is 0 Å². The molecule has 0 fully saturated rings. The lowest BCUT2D eigenvalue weighted by Crippen LogP contribution is -2.06. The highest BCUT2D eigenvalue weighted by Crippen LogP contribution is 2.36. The van der Waals surface area contributed by atoms with Crippen molar-refractivity contribution < 1.29 is 0 Å². The molecule has 3 nitrogen and oxygen atoms in total. The molecule has 2 heterocycles. The molecule has 3 aromatic rings. The first-order valence-corrected chi connectivity index (χ1v) is 8.00. The molecule has 0 aliphatic rings. The predicted molar refractivity (Wildman–Crippen MR) is 89.9 cm³/mol. The van der Waals surface area contributed by atoms with Gasteiger partial charge >= 0.3 is 0 Å². The first-order chi connectivity index (χ1) is 10.1. The van der Waals surface area contributed by atoms with Crippen LogP contribution in [0, 0.1) is 0 Å². The van der Waals surface area contributed by atoms with Gasteiger partial charge in [-0.15, -0.1) is 11.3 Å². The van der Waals surface area contributed by atoms with Gasteiger partial charge in [0.2, 0.25) is 0 Å². The predicted octanol–water partition coefficient (Wildman–Crippen LogP) is 5.41. The number of benzene rings is 1. The average molecular weight is 338 g/mol. The van der Waals surface area contributed by atoms with Crippen LogP contribution in [0.15, 0.2) is 49.1 Å². The van der Waals surface area contributed by atoms with E-state index in [1.54, 1.807) is 12.5 Å². The third kappa shape index (κ3) is 3.23. The molecule has 21 heavy (non-hydrogen) atoms. The van der Waals surface area contributed by atoms with Gasteiger partial charge in [0.1, 0.15) is 0 Å². The highest BCUT2D eigenvalue weighted by atomic mass is 35.5. The van der Waals surface area contributed by atoms with Crippen LogP contribution in [0.3, 0.4) is 0 Å². The SMILES string of the molecule is CC(Nc1cccc(-n2ccnc2)c1)c1cc(Cl)sc1Cl. The zero-order valence-electron chi connectivity index (χ0n) is 11.3. The maximum absolute atomic E-state index is 6.20. The Kier molecular flexibility index (Phi) is 4.19. The molecule has 0 aliphatic carbocycles. The summed E-state index contributed by atoms with van der Waals surface area (Å²) in [6.07, 6.45) is 5.45. The van der Waals surface area contributed by atoms with Crippen molar-refractivity contribution in [3.05, 3.63) is 63.3 Å². The number of hydrogen-bond acceptors (Lipinski definition) is 3. The lowest BCUT2D eigenvalue weighted by atomic mass is 10.1. The molecule has 0 bridgehead atoms. The topological polar surface area (TPSA) is 29.9 Å². The van der Waals surface area contributed by atoms with E-state index >= 15 is 0 Å². The normalized spacial score (nSPS) is 12.3. The summed E-state index contributed by atoms with van der Waals surface area (Å²) in [6, 6.07) is 10.1. The molecule has 6 heteroatoms. The van der Waals surface area contributed by atoms with E-state index in [-0.39, 0.29) is 6.04 Å². The minimum atomic E-state index is 0.0827. The maximum atomic E-state index is 6.20. The monoisotopic (exact) mass is 337 g/mol. The van der Waals surface area contributed by atoms with Gasteiger partial charge in [0, 0.05) is 29.3 Å². The van der Waals surface area contributed by atoms with Crippen LogP contribution in [0.4, 0.5) is 5.69 Å². The maximum Gasteiger partial charge on any atom is 0.0996 e. The third-order valence-electron chi connectivity index (χ3n) is 3.18. The Morgan fingerprint density at radius 1 is 1.29 bits per heavy atom. The Morgan fingerprint density at radius 2 is 2.14 bits per heavy atom. The van der Waals surface area contributed by atoms with Crippen molar-refractivity contribution in [3.8, 4) is 5.69 Å². The van der Waals surface area contributed by atoms with Crippen LogP contribution >= 0.6 is 34.5 Å². The standard InChI is InChI=1S/C15H13Cl2N3S/c1-10(13-8-14(16)21-15(13)17)19-11-3-2-4-12(7-11)20-6-5-18-9-20/h2-10,19H,1H3. The summed E-state index contributed by atoms with van der Waals surface area (Å²) in [6.45, 7) is 2.06. The summed E-state index contributed by atoms with van der Waals surface area (Å²) in [7, 11) is 0. The minimum Gasteiger partial charge on any atom is -0.378 e. The molecule has 0 spiro atoms. The van der Waals surface area contributed by atoms with Crippen molar-refractivity contribution >= 4 is 40.2 Å². The van der Waals surface area contributed by atoms with Gasteiger partial charge in [0.05, 0.1) is 21.0 Å². The molecule has 0 aliphatic heterocycles. The number of imidazole rings is 1. The molecule has 2 aromatic heterocycles. The third-order valence-corrected chi connectivity index (χ3v) is 4.70. The molecule has 1 N–H and O–H groups in total. The van der Waals surface area contributed by atoms with E-state index in [9.17, 15) is 0 Å². The average Bonchev–Trinajstić information content (AvgIpc) is 3.08. The lowest BCUT2D eigenvalue weighted by molar-refractivity contribution is 0.890. The fourth-order valence-corrected chi connectivity index (χ4v) is 3.79. The molecular weight excluding hydrogens is 325 g/mol. The van der Waals surface area contributed by atoms with Crippen molar-refractivity contribution in [1.82, 2.24) is 9.55 Å². The van der Waals surface area contributed by atoms with E-state index in [1.807, 2.05) is 35.0 Å². The molecule has 0 radical (unpaired) electrons. The number of hydrogen-bond donors (Lipinski definition) is 1. The van der Waals surface area contributed by atoms with Crippen LogP contribution in [0.2, 0.25) is 8.67 Å². The van der Waals surface area contributed by atoms with Crippen molar-refractivity contribution in [2.75, 3.05) is 5.32 Å². The van der Waals surface area contributed by atoms with Crippen LogP contribution in [0.25, 0.3) is 5.69 Å². The first kappa shape index (κ1) is 14.4. The van der Waals surface area contributed by atoms with Crippen molar-refractivity contribution in [2.24, 2.45) is 0 Å². The second-order valence-electron chi connectivity index (χ2n) is 4.67. The quantitative estimate of drug-likeness (QED) is 0.689. The Balaban J connectivity index is 1.82. The molecular formula is C15H13Cl2N3S. The van der Waals surface area contributed by atoms with Gasteiger partial charge in [-0.1, -0.05) is 29.3 Å². The van der Waals surface area contributed by atoms with Crippen LogP contribution in [0.5, 0.6) is 0 Å². The van der Waals surface area contributed by atoms with E-state index in [2.05, 4.69) is 23.3 Å². The number of thiophene rings is 1. The number of nitrogens with zero attached hydrogens (tertiary/aromatic N) is 2. The Bertz CT molecular complexity index is 737. The number of nitrogens with one attached hydrogen (secondary N) is 1. The van der Waals surface area contributed by atoms with Gasteiger partial charge in [-0.25, -0.2) is 4.98 Å². The van der Waals surface area contributed by atoms with E-state index in [4.69, 9.17) is 23.2 Å². The Morgan fingerprint density at radius 3 is 2.81 bits per heavy atom. The molecule has 1 atom stereocenters.